The minimum Gasteiger partial charge on any atom is -0.364 e. The van der Waals surface area contributed by atoms with Gasteiger partial charge in [0.15, 0.2) is 5.69 Å². The number of sulfone groups is 1. The summed E-state index contributed by atoms with van der Waals surface area (Å²) < 4.78 is 22.0. The van der Waals surface area contributed by atoms with Crippen LogP contribution >= 0.6 is 11.6 Å². The Bertz CT molecular complexity index is 485. The predicted molar refractivity (Wildman–Crippen MR) is 48.7 cm³/mol. The molecule has 0 spiro atoms. The highest BCUT2D eigenvalue weighted by Crippen LogP contribution is 2.13. The number of carbonyl (C=O) groups excluding carboxylic acids is 1. The summed E-state index contributed by atoms with van der Waals surface area (Å²) in [7, 11) is -3.56. The van der Waals surface area contributed by atoms with E-state index in [4.69, 9.17) is 17.3 Å². The highest BCUT2D eigenvalue weighted by Gasteiger charge is 2.16. The highest BCUT2D eigenvalue weighted by molar-refractivity contribution is 7.90. The molecule has 0 aromatic carbocycles. The Morgan fingerprint density at radius 2 is 2.14 bits per heavy atom. The van der Waals surface area contributed by atoms with Gasteiger partial charge in [-0.05, 0) is 0 Å². The molecule has 0 saturated carbocycles. The summed E-state index contributed by atoms with van der Waals surface area (Å²) in [4.78, 5) is 17.6. The molecule has 1 aromatic rings. The summed E-state index contributed by atoms with van der Waals surface area (Å²) in [5.74, 6) is -0.901. The monoisotopic (exact) mass is 235 g/mol. The van der Waals surface area contributed by atoms with E-state index in [1.54, 1.807) is 0 Å². The fourth-order valence-electron chi connectivity index (χ4n) is 0.702. The van der Waals surface area contributed by atoms with Gasteiger partial charge in [0, 0.05) is 6.26 Å². The quantitative estimate of drug-likeness (QED) is 0.705. The molecule has 76 valence electrons. The smallest absolute Gasteiger partial charge is 0.269 e. The zero-order valence-corrected chi connectivity index (χ0v) is 8.63. The molecule has 1 heterocycles. The zero-order valence-electron chi connectivity index (χ0n) is 7.06. The molecule has 0 atom stereocenters. The number of carbonyl (C=O) groups is 1. The van der Waals surface area contributed by atoms with E-state index in [1.807, 2.05) is 0 Å². The normalized spacial score (nSPS) is 11.3. The Hall–Kier alpha value is -1.21. The second-order valence-corrected chi connectivity index (χ2v) is 4.80. The minimum absolute atomic E-state index is 0.0788. The summed E-state index contributed by atoms with van der Waals surface area (Å²) in [6.45, 7) is 0. The van der Waals surface area contributed by atoms with Crippen molar-refractivity contribution in [2.24, 2.45) is 5.73 Å². The van der Waals surface area contributed by atoms with Crippen LogP contribution in [0.15, 0.2) is 11.4 Å². The van der Waals surface area contributed by atoms with Gasteiger partial charge in [0.05, 0.1) is 11.2 Å². The molecule has 0 aliphatic carbocycles. The van der Waals surface area contributed by atoms with E-state index in [1.165, 1.54) is 0 Å². The van der Waals surface area contributed by atoms with Crippen LogP contribution in [0.4, 0.5) is 0 Å². The minimum atomic E-state index is -3.56. The Morgan fingerprint density at radius 3 is 2.57 bits per heavy atom. The summed E-state index contributed by atoms with van der Waals surface area (Å²) in [6, 6.07) is 0. The Morgan fingerprint density at radius 1 is 1.57 bits per heavy atom. The average molecular weight is 236 g/mol. The van der Waals surface area contributed by atoms with Crippen LogP contribution in [0.5, 0.6) is 0 Å². The lowest BCUT2D eigenvalue weighted by Crippen LogP contribution is -2.16. The molecule has 14 heavy (non-hydrogen) atoms. The van der Waals surface area contributed by atoms with E-state index >= 15 is 0 Å². The number of nitrogens with zero attached hydrogens (tertiary/aromatic N) is 2. The van der Waals surface area contributed by atoms with Crippen molar-refractivity contribution < 1.29 is 13.2 Å². The molecule has 0 aliphatic heterocycles. The van der Waals surface area contributed by atoms with E-state index in [9.17, 15) is 13.2 Å². The lowest BCUT2D eigenvalue weighted by atomic mass is 10.4. The summed E-state index contributed by atoms with van der Waals surface area (Å²) in [5, 5.41) is -0.555. The molecule has 0 unspecified atom stereocenters. The highest BCUT2D eigenvalue weighted by atomic mass is 35.5. The van der Waals surface area contributed by atoms with E-state index in [-0.39, 0.29) is 10.7 Å². The number of halogens is 1. The number of rotatable bonds is 2. The average Bonchev–Trinajstić information content (AvgIpc) is 2.02. The van der Waals surface area contributed by atoms with Crippen LogP contribution in [0.2, 0.25) is 5.02 Å². The van der Waals surface area contributed by atoms with Crippen molar-refractivity contribution in [1.82, 2.24) is 9.97 Å². The molecule has 2 N–H and O–H groups in total. The van der Waals surface area contributed by atoms with Crippen LogP contribution in [-0.2, 0) is 9.84 Å². The van der Waals surface area contributed by atoms with Crippen LogP contribution in [0, 0.1) is 0 Å². The van der Waals surface area contributed by atoms with Crippen LogP contribution in [0.1, 0.15) is 10.5 Å². The first-order valence-electron chi connectivity index (χ1n) is 3.35. The Balaban J connectivity index is 3.42. The lowest BCUT2D eigenvalue weighted by Gasteiger charge is -2.00. The summed E-state index contributed by atoms with van der Waals surface area (Å²) in [6.07, 6.45) is 1.94. The third-order valence-electron chi connectivity index (χ3n) is 1.29. The van der Waals surface area contributed by atoms with Gasteiger partial charge in [-0.15, -0.1) is 0 Å². The molecule has 1 rings (SSSR count). The van der Waals surface area contributed by atoms with E-state index < -0.39 is 20.9 Å². The van der Waals surface area contributed by atoms with Gasteiger partial charge in [0.2, 0.25) is 15.0 Å². The second-order valence-electron chi connectivity index (χ2n) is 2.49. The standard InChI is InChI=1S/C6H6ClN3O3S/c1-14(12,13)6-9-2-3(7)4(10-6)5(8)11/h2H,1H3,(H2,8,11). The van der Waals surface area contributed by atoms with E-state index in [0.29, 0.717) is 0 Å². The zero-order chi connectivity index (χ0) is 10.9. The predicted octanol–water partition coefficient (Wildman–Crippen LogP) is -0.368. The number of aromatic nitrogens is 2. The van der Waals surface area contributed by atoms with Gasteiger partial charge >= 0.3 is 0 Å². The van der Waals surface area contributed by atoms with Crippen LogP contribution in [0.25, 0.3) is 0 Å². The molecule has 6 nitrogen and oxygen atoms in total. The van der Waals surface area contributed by atoms with Crippen LogP contribution < -0.4 is 5.73 Å². The van der Waals surface area contributed by atoms with Crippen molar-refractivity contribution in [1.29, 1.82) is 0 Å². The maximum Gasteiger partial charge on any atom is 0.269 e. The molecule has 1 aromatic heterocycles. The van der Waals surface area contributed by atoms with Crippen molar-refractivity contribution in [3.05, 3.63) is 16.9 Å². The van der Waals surface area contributed by atoms with Gasteiger partial charge in [-0.3, -0.25) is 4.79 Å². The number of nitrogens with two attached hydrogens (primary N) is 1. The van der Waals surface area contributed by atoms with Crippen molar-refractivity contribution in [2.45, 2.75) is 5.16 Å². The first-order valence-corrected chi connectivity index (χ1v) is 5.61. The van der Waals surface area contributed by atoms with Gasteiger partial charge in [0.1, 0.15) is 0 Å². The topological polar surface area (TPSA) is 103 Å². The molecule has 1 amide bonds. The first-order chi connectivity index (χ1) is 6.32. The Kier molecular flexibility index (Phi) is 2.72. The van der Waals surface area contributed by atoms with Gasteiger partial charge in [0.25, 0.3) is 5.91 Å². The van der Waals surface area contributed by atoms with Crippen molar-refractivity contribution in [2.75, 3.05) is 6.26 Å². The number of hydrogen-bond acceptors (Lipinski definition) is 5. The van der Waals surface area contributed by atoms with Crippen LogP contribution in [-0.4, -0.2) is 30.5 Å². The van der Waals surface area contributed by atoms with E-state index in [0.717, 1.165) is 12.5 Å². The maximum absolute atomic E-state index is 11.0. The Labute approximate surface area is 85.0 Å². The fourth-order valence-corrected chi connectivity index (χ4v) is 1.39. The largest absolute Gasteiger partial charge is 0.364 e. The van der Waals surface area contributed by atoms with Crippen molar-refractivity contribution in [3.8, 4) is 0 Å². The van der Waals surface area contributed by atoms with E-state index in [2.05, 4.69) is 9.97 Å². The van der Waals surface area contributed by atoms with Crippen LogP contribution in [0.3, 0.4) is 0 Å². The first kappa shape index (κ1) is 10.9. The fraction of sp³-hybridized carbons (Fsp3) is 0.167. The van der Waals surface area contributed by atoms with Gasteiger partial charge in [-0.2, -0.15) is 0 Å². The molecular formula is C6H6ClN3O3S. The number of hydrogen-bond donors (Lipinski definition) is 1. The van der Waals surface area contributed by atoms with Gasteiger partial charge < -0.3 is 5.73 Å². The third-order valence-corrected chi connectivity index (χ3v) is 2.42. The summed E-state index contributed by atoms with van der Waals surface area (Å²) in [5.41, 5.74) is 4.61. The molecular weight excluding hydrogens is 230 g/mol. The molecule has 0 bridgehead atoms. The lowest BCUT2D eigenvalue weighted by molar-refractivity contribution is 0.0995. The number of amides is 1. The SMILES string of the molecule is CS(=O)(=O)c1ncc(Cl)c(C(N)=O)n1. The molecule has 0 aliphatic rings. The third kappa shape index (κ3) is 2.18. The molecule has 0 radical (unpaired) electrons. The number of primary amides is 1. The summed E-state index contributed by atoms with van der Waals surface area (Å²) >= 11 is 5.52. The van der Waals surface area contributed by atoms with Crippen molar-refractivity contribution >= 4 is 27.3 Å². The molecule has 0 fully saturated rings. The van der Waals surface area contributed by atoms with Gasteiger partial charge in [-0.25, -0.2) is 18.4 Å². The van der Waals surface area contributed by atoms with Gasteiger partial charge in [-0.1, -0.05) is 11.6 Å². The second kappa shape index (κ2) is 3.50. The maximum atomic E-state index is 11.0. The molecule has 8 heteroatoms. The van der Waals surface area contributed by atoms with Crippen molar-refractivity contribution in [3.63, 3.8) is 0 Å². The molecule has 0 saturated heterocycles.